The molecule has 0 saturated heterocycles. The lowest BCUT2D eigenvalue weighted by Gasteiger charge is -2.08. The molecular formula is C12H14BrCl3N2O. The van der Waals surface area contributed by atoms with Gasteiger partial charge in [-0.2, -0.15) is 0 Å². The van der Waals surface area contributed by atoms with Gasteiger partial charge < -0.3 is 5.21 Å². The molecule has 0 aliphatic heterocycles. The van der Waals surface area contributed by atoms with Crippen LogP contribution >= 0.6 is 50.7 Å². The summed E-state index contributed by atoms with van der Waals surface area (Å²) in [6.07, 6.45) is 3.08. The van der Waals surface area contributed by atoms with Crippen LogP contribution in [0.5, 0.6) is 0 Å². The molecule has 1 rings (SSSR count). The monoisotopic (exact) mass is 386 g/mol. The van der Waals surface area contributed by atoms with Gasteiger partial charge in [0.1, 0.15) is 0 Å². The fraction of sp³-hybridized carbons (Fsp3) is 0.500. The molecule has 0 aliphatic carbocycles. The average Bonchev–Trinajstić information content (AvgIpc) is 2.31. The molecule has 1 aromatic rings. The molecular weight excluding hydrogens is 374 g/mol. The third-order valence-electron chi connectivity index (χ3n) is 2.42. The van der Waals surface area contributed by atoms with Crippen LogP contribution in [0, 0.1) is 5.21 Å². The van der Waals surface area contributed by atoms with E-state index in [0.29, 0.717) is 9.88 Å². The minimum atomic E-state index is 0.0959. The van der Waals surface area contributed by atoms with Crippen molar-refractivity contribution in [2.75, 3.05) is 6.54 Å². The summed E-state index contributed by atoms with van der Waals surface area (Å²) in [7, 11) is 0. The Kier molecular flexibility index (Phi) is 7.44. The predicted molar refractivity (Wildman–Crippen MR) is 84.3 cm³/mol. The first-order chi connectivity index (χ1) is 8.93. The lowest BCUT2D eigenvalue weighted by molar-refractivity contribution is -0.523. The van der Waals surface area contributed by atoms with Crippen molar-refractivity contribution in [3.05, 3.63) is 32.4 Å². The normalized spacial score (nSPS) is 13.6. The summed E-state index contributed by atoms with van der Waals surface area (Å²) in [6.45, 7) is 2.35. The molecule has 0 radical (unpaired) electrons. The van der Waals surface area contributed by atoms with Crippen LogP contribution in [0.1, 0.15) is 26.2 Å². The molecule has 0 aromatic heterocycles. The number of hydrogen-bond donors (Lipinski definition) is 0. The number of alkyl halides is 1. The van der Waals surface area contributed by atoms with Gasteiger partial charge in [0.2, 0.25) is 0 Å². The van der Waals surface area contributed by atoms with Gasteiger partial charge in [0.15, 0.2) is 12.2 Å². The van der Waals surface area contributed by atoms with Crippen LogP contribution in [0.4, 0.5) is 5.69 Å². The maximum atomic E-state index is 11.7. The lowest BCUT2D eigenvalue weighted by atomic mass is 10.2. The van der Waals surface area contributed by atoms with Gasteiger partial charge in [-0.05, 0) is 18.6 Å². The van der Waals surface area contributed by atoms with Gasteiger partial charge in [0, 0.05) is 10.1 Å². The van der Waals surface area contributed by atoms with Crippen molar-refractivity contribution in [1.29, 1.82) is 0 Å². The number of unbranched alkanes of at least 4 members (excludes halogenated alkanes) is 1. The number of benzene rings is 1. The van der Waals surface area contributed by atoms with Crippen LogP contribution in [-0.2, 0) is 0 Å². The standard InChI is InChI=1S/C12H14BrCl3N2O/c1-2-3-4-8(13)7-18(19)17-12-10(15)5-9(14)6-11(12)16/h5-6,8H,2-4,7H2,1H3. The molecule has 0 spiro atoms. The predicted octanol–water partition coefficient (Wildman–Crippen LogP) is 6.19. The Morgan fingerprint density at radius 3 is 2.42 bits per heavy atom. The smallest absolute Gasteiger partial charge is 0.193 e. The topological polar surface area (TPSA) is 38.4 Å². The van der Waals surface area contributed by atoms with Gasteiger partial charge in [-0.15, -0.1) is 0 Å². The molecule has 0 saturated carbocycles. The molecule has 0 N–H and O–H groups in total. The molecule has 3 nitrogen and oxygen atoms in total. The van der Waals surface area contributed by atoms with Gasteiger partial charge in [-0.25, -0.2) is 0 Å². The summed E-state index contributed by atoms with van der Waals surface area (Å²) in [5, 5.41) is 16.6. The highest BCUT2D eigenvalue weighted by Gasteiger charge is 2.13. The summed E-state index contributed by atoms with van der Waals surface area (Å²) in [6, 6.07) is 3.01. The molecule has 106 valence electrons. The molecule has 19 heavy (non-hydrogen) atoms. The van der Waals surface area contributed by atoms with Crippen LogP contribution in [0.2, 0.25) is 15.1 Å². The van der Waals surface area contributed by atoms with Crippen molar-refractivity contribution < 1.29 is 4.86 Å². The van der Waals surface area contributed by atoms with Crippen molar-refractivity contribution in [2.45, 2.75) is 31.0 Å². The van der Waals surface area contributed by atoms with Crippen molar-refractivity contribution >= 4 is 56.4 Å². The molecule has 0 heterocycles. The SMILES string of the molecule is CCCCC(Br)C[N+]([O-])=Nc1c(Cl)cc(Cl)cc1Cl. The third-order valence-corrected chi connectivity index (χ3v) is 3.96. The molecule has 7 heteroatoms. The van der Waals surface area contributed by atoms with Crippen molar-refractivity contribution in [3.8, 4) is 0 Å². The third kappa shape index (κ3) is 5.86. The number of nitrogens with zero attached hydrogens (tertiary/aromatic N) is 2. The fourth-order valence-electron chi connectivity index (χ4n) is 1.47. The van der Waals surface area contributed by atoms with Crippen LogP contribution < -0.4 is 0 Å². The van der Waals surface area contributed by atoms with Crippen LogP contribution in [0.15, 0.2) is 17.2 Å². The van der Waals surface area contributed by atoms with E-state index in [1.165, 1.54) is 12.1 Å². The van der Waals surface area contributed by atoms with E-state index < -0.39 is 0 Å². The Labute approximate surface area is 136 Å². The highest BCUT2D eigenvalue weighted by Crippen LogP contribution is 2.36. The first-order valence-electron chi connectivity index (χ1n) is 5.89. The van der Waals surface area contributed by atoms with Gasteiger partial charge in [-0.1, -0.05) is 75.4 Å². The highest BCUT2D eigenvalue weighted by atomic mass is 79.9. The number of hydrogen-bond acceptors (Lipinski definition) is 2. The van der Waals surface area contributed by atoms with E-state index in [4.69, 9.17) is 34.8 Å². The van der Waals surface area contributed by atoms with Gasteiger partial charge >= 0.3 is 0 Å². The highest BCUT2D eigenvalue weighted by molar-refractivity contribution is 9.09. The largest absolute Gasteiger partial charge is 0.600 e. The Hall–Kier alpha value is -0.0300. The van der Waals surface area contributed by atoms with E-state index in [2.05, 4.69) is 28.0 Å². The van der Waals surface area contributed by atoms with E-state index in [-0.39, 0.29) is 27.1 Å². The zero-order chi connectivity index (χ0) is 14.4. The zero-order valence-electron chi connectivity index (χ0n) is 10.4. The zero-order valence-corrected chi connectivity index (χ0v) is 14.2. The Morgan fingerprint density at radius 2 is 1.89 bits per heavy atom. The van der Waals surface area contributed by atoms with E-state index >= 15 is 0 Å². The summed E-state index contributed by atoms with van der Waals surface area (Å²) >= 11 is 21.2. The molecule has 1 unspecified atom stereocenters. The quantitative estimate of drug-likeness (QED) is 0.248. The summed E-state index contributed by atoms with van der Waals surface area (Å²) < 4.78 is 0. The first-order valence-corrected chi connectivity index (χ1v) is 7.94. The van der Waals surface area contributed by atoms with E-state index in [1.807, 2.05) is 0 Å². The first kappa shape index (κ1) is 17.0. The second kappa shape index (κ2) is 8.30. The molecule has 0 fully saturated rings. The summed E-state index contributed by atoms with van der Waals surface area (Å²) in [5.74, 6) is 0. The minimum Gasteiger partial charge on any atom is -0.600 e. The second-order valence-electron chi connectivity index (χ2n) is 4.09. The average molecular weight is 389 g/mol. The molecule has 0 aliphatic rings. The Morgan fingerprint density at radius 1 is 1.32 bits per heavy atom. The maximum Gasteiger partial charge on any atom is 0.193 e. The van der Waals surface area contributed by atoms with E-state index in [0.717, 1.165) is 19.3 Å². The van der Waals surface area contributed by atoms with Crippen LogP contribution in [0.3, 0.4) is 0 Å². The molecule has 0 bridgehead atoms. The van der Waals surface area contributed by atoms with E-state index in [1.54, 1.807) is 0 Å². The van der Waals surface area contributed by atoms with Gasteiger partial charge in [0.05, 0.1) is 14.9 Å². The van der Waals surface area contributed by atoms with Crippen LogP contribution in [-0.4, -0.2) is 16.2 Å². The van der Waals surface area contributed by atoms with Crippen molar-refractivity contribution in [3.63, 3.8) is 0 Å². The maximum absolute atomic E-state index is 11.7. The number of halogens is 4. The van der Waals surface area contributed by atoms with Gasteiger partial charge in [-0.3, -0.25) is 0 Å². The number of azo groups is 1. The second-order valence-corrected chi connectivity index (χ2v) is 6.64. The molecule has 0 amide bonds. The summed E-state index contributed by atoms with van der Waals surface area (Å²) in [4.78, 5) is 0.689. The molecule has 1 aromatic carbocycles. The Bertz CT molecular complexity index is 445. The van der Waals surface area contributed by atoms with E-state index in [9.17, 15) is 5.21 Å². The number of hydroxylamine groups is 1. The fourth-order valence-corrected chi connectivity index (χ4v) is 2.93. The van der Waals surface area contributed by atoms with Crippen LogP contribution in [0.25, 0.3) is 0 Å². The Balaban J connectivity index is 2.79. The van der Waals surface area contributed by atoms with Gasteiger partial charge in [0.25, 0.3) is 0 Å². The minimum absolute atomic E-state index is 0.0959. The van der Waals surface area contributed by atoms with Crippen molar-refractivity contribution in [2.24, 2.45) is 5.11 Å². The van der Waals surface area contributed by atoms with Crippen molar-refractivity contribution in [1.82, 2.24) is 0 Å². The summed E-state index contributed by atoms with van der Waals surface area (Å²) in [5.41, 5.74) is 0.248. The lowest BCUT2D eigenvalue weighted by Crippen LogP contribution is -2.14. The molecule has 1 atom stereocenters. The number of rotatable bonds is 6.